The lowest BCUT2D eigenvalue weighted by molar-refractivity contribution is -0.133. The van der Waals surface area contributed by atoms with Crippen molar-refractivity contribution >= 4 is 23.5 Å². The molecule has 0 bridgehead atoms. The highest BCUT2D eigenvalue weighted by molar-refractivity contribution is 6.10. The van der Waals surface area contributed by atoms with E-state index in [1.54, 1.807) is 25.1 Å². The molecule has 8 heteroatoms. The van der Waals surface area contributed by atoms with Crippen molar-refractivity contribution in [3.05, 3.63) is 53.6 Å². The van der Waals surface area contributed by atoms with Crippen LogP contribution in [0.1, 0.15) is 31.4 Å². The number of carbonyl (C=O) groups excluding carboxylic acids is 3. The van der Waals surface area contributed by atoms with Gasteiger partial charge >= 0.3 is 6.03 Å². The largest absolute Gasteiger partial charge is 0.454 e. The van der Waals surface area contributed by atoms with Crippen LogP contribution in [0.15, 0.2) is 42.5 Å². The predicted octanol–water partition coefficient (Wildman–Crippen LogP) is 2.77. The van der Waals surface area contributed by atoms with Crippen molar-refractivity contribution in [1.82, 2.24) is 10.2 Å². The van der Waals surface area contributed by atoms with Crippen LogP contribution in [0.25, 0.3) is 0 Å². The summed E-state index contributed by atoms with van der Waals surface area (Å²) >= 11 is 0. The van der Waals surface area contributed by atoms with Gasteiger partial charge in [-0.1, -0.05) is 37.6 Å². The Labute approximate surface area is 174 Å². The molecular weight excluding hydrogens is 386 g/mol. The van der Waals surface area contributed by atoms with E-state index in [1.807, 2.05) is 24.3 Å². The minimum atomic E-state index is -1.21. The molecule has 2 aromatic rings. The van der Waals surface area contributed by atoms with E-state index < -0.39 is 23.4 Å². The van der Waals surface area contributed by atoms with Crippen molar-refractivity contribution in [2.45, 2.75) is 32.2 Å². The normalized spacial score (nSPS) is 19.7. The van der Waals surface area contributed by atoms with Crippen molar-refractivity contribution in [2.75, 3.05) is 18.7 Å². The number of amides is 4. The third kappa shape index (κ3) is 3.56. The molecular formula is C22H23N3O5. The molecule has 30 heavy (non-hydrogen) atoms. The fourth-order valence-electron chi connectivity index (χ4n) is 3.65. The van der Waals surface area contributed by atoms with Gasteiger partial charge in [-0.3, -0.25) is 14.5 Å². The molecule has 0 aromatic heterocycles. The second-order valence-corrected chi connectivity index (χ2v) is 7.51. The second-order valence-electron chi connectivity index (χ2n) is 7.51. The first-order chi connectivity index (χ1) is 14.4. The summed E-state index contributed by atoms with van der Waals surface area (Å²) in [5, 5.41) is 5.40. The fourth-order valence-corrected chi connectivity index (χ4v) is 3.65. The van der Waals surface area contributed by atoms with Crippen LogP contribution < -0.4 is 20.1 Å². The first-order valence-electron chi connectivity index (χ1n) is 9.84. The van der Waals surface area contributed by atoms with Gasteiger partial charge in [-0.2, -0.15) is 0 Å². The van der Waals surface area contributed by atoms with E-state index in [1.165, 1.54) is 5.56 Å². The highest BCUT2D eigenvalue weighted by Gasteiger charge is 2.49. The topological polar surface area (TPSA) is 97.0 Å². The van der Waals surface area contributed by atoms with Crippen molar-refractivity contribution in [3.63, 3.8) is 0 Å². The Hall–Kier alpha value is -3.55. The first kappa shape index (κ1) is 19.8. The van der Waals surface area contributed by atoms with Gasteiger partial charge in [-0.25, -0.2) is 4.79 Å². The molecule has 2 aliphatic heterocycles. The van der Waals surface area contributed by atoms with Crippen LogP contribution in [0.5, 0.6) is 11.5 Å². The third-order valence-electron chi connectivity index (χ3n) is 5.30. The molecule has 0 aliphatic carbocycles. The number of rotatable bonds is 6. The summed E-state index contributed by atoms with van der Waals surface area (Å²) in [4.78, 5) is 38.9. The molecule has 156 valence electrons. The predicted molar refractivity (Wildman–Crippen MR) is 109 cm³/mol. The Morgan fingerprint density at radius 2 is 1.87 bits per heavy atom. The summed E-state index contributed by atoms with van der Waals surface area (Å²) in [6.45, 7) is 3.50. The van der Waals surface area contributed by atoms with Crippen LogP contribution in [0, 0.1) is 0 Å². The van der Waals surface area contributed by atoms with Gasteiger partial charge in [0.15, 0.2) is 11.5 Å². The number of anilines is 1. The molecule has 1 fully saturated rings. The van der Waals surface area contributed by atoms with Crippen LogP contribution in [0.3, 0.4) is 0 Å². The second kappa shape index (κ2) is 7.70. The number of urea groups is 1. The lowest BCUT2D eigenvalue weighted by Gasteiger charge is -2.22. The van der Waals surface area contributed by atoms with Gasteiger partial charge in [-0.05, 0) is 36.6 Å². The molecule has 4 rings (SSSR count). The minimum Gasteiger partial charge on any atom is -0.454 e. The Morgan fingerprint density at radius 1 is 1.13 bits per heavy atom. The highest BCUT2D eigenvalue weighted by Crippen LogP contribution is 2.34. The minimum absolute atomic E-state index is 0.132. The Bertz CT molecular complexity index is 1000. The standard InChI is InChI=1S/C22H23N3O5/c1-3-4-14-5-7-15(8-6-14)22(2)20(27)25(21(28)24-22)12-19(26)23-16-9-10-17-18(11-16)30-13-29-17/h5-11H,3-4,12-13H2,1-2H3,(H,23,26)(H,24,28). The van der Waals surface area contributed by atoms with Gasteiger partial charge < -0.3 is 20.1 Å². The zero-order valence-electron chi connectivity index (χ0n) is 16.9. The number of benzene rings is 2. The molecule has 4 amide bonds. The highest BCUT2D eigenvalue weighted by atomic mass is 16.7. The maximum atomic E-state index is 13.0. The molecule has 0 spiro atoms. The van der Waals surface area contributed by atoms with E-state index in [9.17, 15) is 14.4 Å². The number of imide groups is 1. The van der Waals surface area contributed by atoms with Crippen LogP contribution in [-0.2, 0) is 21.5 Å². The van der Waals surface area contributed by atoms with Crippen LogP contribution in [-0.4, -0.2) is 36.1 Å². The smallest absolute Gasteiger partial charge is 0.325 e. The van der Waals surface area contributed by atoms with Gasteiger partial charge in [0.25, 0.3) is 5.91 Å². The molecule has 1 atom stereocenters. The van der Waals surface area contributed by atoms with E-state index >= 15 is 0 Å². The quantitative estimate of drug-likeness (QED) is 0.715. The lowest BCUT2D eigenvalue weighted by Crippen LogP contribution is -2.42. The van der Waals surface area contributed by atoms with E-state index in [4.69, 9.17) is 9.47 Å². The maximum Gasteiger partial charge on any atom is 0.325 e. The SMILES string of the molecule is CCCc1ccc(C2(C)NC(=O)N(CC(=O)Nc3ccc4c(c3)OCO4)C2=O)cc1. The summed E-state index contributed by atoms with van der Waals surface area (Å²) in [5.41, 5.74) is 1.13. The maximum absolute atomic E-state index is 13.0. The van der Waals surface area contributed by atoms with Gasteiger partial charge in [0.1, 0.15) is 12.1 Å². The zero-order valence-corrected chi connectivity index (χ0v) is 16.9. The summed E-state index contributed by atoms with van der Waals surface area (Å²) < 4.78 is 10.5. The molecule has 1 unspecified atom stereocenters. The van der Waals surface area contributed by atoms with E-state index in [0.29, 0.717) is 22.7 Å². The average Bonchev–Trinajstić information content (AvgIpc) is 3.27. The van der Waals surface area contributed by atoms with Crippen LogP contribution in [0.4, 0.5) is 10.5 Å². The molecule has 2 aromatic carbocycles. The lowest BCUT2D eigenvalue weighted by atomic mass is 9.91. The molecule has 2 aliphatic rings. The number of hydrogen-bond donors (Lipinski definition) is 2. The Morgan fingerprint density at radius 3 is 2.60 bits per heavy atom. The van der Waals surface area contributed by atoms with Crippen molar-refractivity contribution in [3.8, 4) is 11.5 Å². The monoisotopic (exact) mass is 409 g/mol. The third-order valence-corrected chi connectivity index (χ3v) is 5.30. The van der Waals surface area contributed by atoms with Gasteiger partial charge in [0, 0.05) is 11.8 Å². The van der Waals surface area contributed by atoms with E-state index in [0.717, 1.165) is 17.7 Å². The molecule has 0 saturated carbocycles. The van der Waals surface area contributed by atoms with Crippen LogP contribution in [0.2, 0.25) is 0 Å². The molecule has 2 N–H and O–H groups in total. The van der Waals surface area contributed by atoms with Crippen molar-refractivity contribution in [1.29, 1.82) is 0 Å². The number of carbonyl (C=O) groups is 3. The summed E-state index contributed by atoms with van der Waals surface area (Å²) in [5.74, 6) is 0.182. The van der Waals surface area contributed by atoms with Gasteiger partial charge in [-0.15, -0.1) is 0 Å². The average molecular weight is 409 g/mol. The molecule has 2 heterocycles. The van der Waals surface area contributed by atoms with Gasteiger partial charge in [0.2, 0.25) is 12.7 Å². The number of ether oxygens (including phenoxy) is 2. The summed E-state index contributed by atoms with van der Waals surface area (Å²) in [7, 11) is 0. The molecule has 0 radical (unpaired) electrons. The Kier molecular flexibility index (Phi) is 5.07. The summed E-state index contributed by atoms with van der Waals surface area (Å²) in [6, 6.07) is 12.0. The molecule has 1 saturated heterocycles. The van der Waals surface area contributed by atoms with E-state index in [-0.39, 0.29) is 13.3 Å². The first-order valence-corrected chi connectivity index (χ1v) is 9.84. The fraction of sp³-hybridized carbons (Fsp3) is 0.318. The number of aryl methyl sites for hydroxylation is 1. The number of hydrogen-bond acceptors (Lipinski definition) is 5. The molecule has 8 nitrogen and oxygen atoms in total. The Balaban J connectivity index is 1.45. The number of nitrogens with one attached hydrogen (secondary N) is 2. The van der Waals surface area contributed by atoms with Gasteiger partial charge in [0.05, 0.1) is 0 Å². The van der Waals surface area contributed by atoms with E-state index in [2.05, 4.69) is 17.6 Å². The number of fused-ring (bicyclic) bond motifs is 1. The number of nitrogens with zero attached hydrogens (tertiary/aromatic N) is 1. The van der Waals surface area contributed by atoms with Crippen molar-refractivity contribution in [2.24, 2.45) is 0 Å². The zero-order chi connectivity index (χ0) is 21.3. The summed E-state index contributed by atoms with van der Waals surface area (Å²) in [6.07, 6.45) is 1.97. The van der Waals surface area contributed by atoms with Crippen LogP contribution >= 0.6 is 0 Å². The van der Waals surface area contributed by atoms with Crippen molar-refractivity contribution < 1.29 is 23.9 Å².